The van der Waals surface area contributed by atoms with Crippen molar-refractivity contribution in [1.82, 2.24) is 0 Å². The normalized spacial score (nSPS) is 10.8. The lowest BCUT2D eigenvalue weighted by atomic mass is 9.98. The molecule has 2 aromatic carbocycles. The molecule has 0 aliphatic rings. The van der Waals surface area contributed by atoms with Gasteiger partial charge in [0.2, 0.25) is 0 Å². The van der Waals surface area contributed by atoms with Crippen molar-refractivity contribution in [1.29, 1.82) is 0 Å². The van der Waals surface area contributed by atoms with Gasteiger partial charge in [0.05, 0.1) is 0 Å². The lowest BCUT2D eigenvalue weighted by molar-refractivity contribution is 0.867. The average molecular weight is 304 g/mol. The summed E-state index contributed by atoms with van der Waals surface area (Å²) < 4.78 is 0. The van der Waals surface area contributed by atoms with Gasteiger partial charge < -0.3 is 0 Å². The standard InChI is InChI=1S/C15H16.C8H12/c1-12(2)14-9-6-10-15(11-14)13-7-4-3-5-8-13;1-3-5-7-8-6-4-2/h3-12H,1-2H3;3-4,6-8H,1,5H2,2H3/b;6-4-,8-7-. The van der Waals surface area contributed by atoms with Crippen LogP contribution in [0.3, 0.4) is 0 Å². The topological polar surface area (TPSA) is 0 Å². The molecule has 0 amide bonds. The molecule has 0 saturated carbocycles. The monoisotopic (exact) mass is 304 g/mol. The summed E-state index contributed by atoms with van der Waals surface area (Å²) in [5, 5.41) is 0. The van der Waals surface area contributed by atoms with Gasteiger partial charge in [-0.3, -0.25) is 0 Å². The van der Waals surface area contributed by atoms with Gasteiger partial charge in [-0.2, -0.15) is 0 Å². The van der Waals surface area contributed by atoms with Crippen molar-refractivity contribution in [2.24, 2.45) is 0 Å². The van der Waals surface area contributed by atoms with Gasteiger partial charge in [0.15, 0.2) is 0 Å². The Morgan fingerprint density at radius 3 is 2.22 bits per heavy atom. The van der Waals surface area contributed by atoms with Gasteiger partial charge in [-0.1, -0.05) is 98.8 Å². The zero-order chi connectivity index (χ0) is 16.9. The highest BCUT2D eigenvalue weighted by atomic mass is 14.1. The van der Waals surface area contributed by atoms with Gasteiger partial charge >= 0.3 is 0 Å². The maximum absolute atomic E-state index is 3.58. The minimum Gasteiger partial charge on any atom is -0.103 e. The maximum atomic E-state index is 3.58. The molecule has 0 N–H and O–H groups in total. The van der Waals surface area contributed by atoms with E-state index in [1.807, 2.05) is 31.2 Å². The van der Waals surface area contributed by atoms with Crippen LogP contribution in [0.25, 0.3) is 11.1 Å². The summed E-state index contributed by atoms with van der Waals surface area (Å²) in [7, 11) is 0. The van der Waals surface area contributed by atoms with Crippen LogP contribution in [0, 0.1) is 0 Å². The minimum absolute atomic E-state index is 0.591. The lowest BCUT2D eigenvalue weighted by Gasteiger charge is -2.08. The minimum atomic E-state index is 0.591. The van der Waals surface area contributed by atoms with Crippen LogP contribution in [-0.2, 0) is 0 Å². The second-order valence-corrected chi connectivity index (χ2v) is 5.62. The van der Waals surface area contributed by atoms with E-state index in [0.29, 0.717) is 5.92 Å². The molecule has 0 saturated heterocycles. The number of rotatable bonds is 5. The summed E-state index contributed by atoms with van der Waals surface area (Å²) in [6.45, 7) is 10.0. The van der Waals surface area contributed by atoms with E-state index in [2.05, 4.69) is 81.1 Å². The average Bonchev–Trinajstić information content (AvgIpc) is 2.60. The number of benzene rings is 2. The van der Waals surface area contributed by atoms with E-state index in [1.54, 1.807) is 0 Å². The molecule has 2 aromatic rings. The maximum Gasteiger partial charge on any atom is -0.0169 e. The Balaban J connectivity index is 0.000000284. The molecule has 0 fully saturated rings. The first-order valence-corrected chi connectivity index (χ1v) is 8.23. The van der Waals surface area contributed by atoms with Crippen molar-refractivity contribution >= 4 is 0 Å². The fourth-order valence-corrected chi connectivity index (χ4v) is 2.07. The van der Waals surface area contributed by atoms with Crippen molar-refractivity contribution in [3.05, 3.63) is 97.1 Å². The zero-order valence-corrected chi connectivity index (χ0v) is 14.6. The molecule has 23 heavy (non-hydrogen) atoms. The summed E-state index contributed by atoms with van der Waals surface area (Å²) in [6, 6.07) is 19.3. The van der Waals surface area contributed by atoms with Crippen molar-refractivity contribution in [2.45, 2.75) is 33.1 Å². The van der Waals surface area contributed by atoms with Gasteiger partial charge in [-0.05, 0) is 36.0 Å². The summed E-state index contributed by atoms with van der Waals surface area (Å²) >= 11 is 0. The predicted octanol–water partition coefficient (Wildman–Crippen LogP) is 7.17. The molecule has 0 aliphatic carbocycles. The summed E-state index contributed by atoms with van der Waals surface area (Å²) in [5.41, 5.74) is 4.00. The SMILES string of the molecule is C=CC/C=C\C=C/C.CC(C)c1cccc(-c2ccccc2)c1. The van der Waals surface area contributed by atoms with Gasteiger partial charge in [0, 0.05) is 0 Å². The molecular weight excluding hydrogens is 276 g/mol. The van der Waals surface area contributed by atoms with Crippen molar-refractivity contribution in [2.75, 3.05) is 0 Å². The van der Waals surface area contributed by atoms with Gasteiger partial charge in [-0.25, -0.2) is 0 Å². The first kappa shape index (κ1) is 18.7. The van der Waals surface area contributed by atoms with Crippen molar-refractivity contribution in [3.8, 4) is 11.1 Å². The van der Waals surface area contributed by atoms with Crippen LogP contribution in [0.4, 0.5) is 0 Å². The summed E-state index contributed by atoms with van der Waals surface area (Å²) in [5.74, 6) is 0.591. The molecule has 2 rings (SSSR count). The Bertz CT molecular complexity index is 615. The number of hydrogen-bond donors (Lipinski definition) is 0. The molecule has 0 heteroatoms. The second-order valence-electron chi connectivity index (χ2n) is 5.62. The highest BCUT2D eigenvalue weighted by Crippen LogP contribution is 2.23. The van der Waals surface area contributed by atoms with Crippen LogP contribution < -0.4 is 0 Å². The third-order valence-electron chi connectivity index (χ3n) is 3.40. The van der Waals surface area contributed by atoms with Crippen LogP contribution in [0.1, 0.15) is 38.7 Å². The van der Waals surface area contributed by atoms with Crippen LogP contribution in [-0.4, -0.2) is 0 Å². The van der Waals surface area contributed by atoms with E-state index in [4.69, 9.17) is 0 Å². The van der Waals surface area contributed by atoms with Crippen LogP contribution >= 0.6 is 0 Å². The number of allylic oxidation sites excluding steroid dienone is 5. The molecular formula is C23H28. The van der Waals surface area contributed by atoms with Gasteiger partial charge in [-0.15, -0.1) is 6.58 Å². The predicted molar refractivity (Wildman–Crippen MR) is 105 cm³/mol. The van der Waals surface area contributed by atoms with E-state index in [0.717, 1.165) is 6.42 Å². The molecule has 0 aromatic heterocycles. The summed E-state index contributed by atoms with van der Waals surface area (Å²) in [4.78, 5) is 0. The highest BCUT2D eigenvalue weighted by molar-refractivity contribution is 5.64. The first-order valence-electron chi connectivity index (χ1n) is 8.23. The van der Waals surface area contributed by atoms with Crippen LogP contribution in [0.2, 0.25) is 0 Å². The highest BCUT2D eigenvalue weighted by Gasteiger charge is 2.01. The van der Waals surface area contributed by atoms with Crippen molar-refractivity contribution in [3.63, 3.8) is 0 Å². The molecule has 0 unspecified atom stereocenters. The molecule has 0 spiro atoms. The molecule has 0 radical (unpaired) electrons. The Morgan fingerprint density at radius 2 is 1.61 bits per heavy atom. The molecule has 0 nitrogen and oxygen atoms in total. The Hall–Kier alpha value is -2.34. The first-order chi connectivity index (χ1) is 11.2. The Morgan fingerprint density at radius 1 is 0.913 bits per heavy atom. The molecule has 0 aliphatic heterocycles. The van der Waals surface area contributed by atoms with Gasteiger partial charge in [0.1, 0.15) is 0 Å². The van der Waals surface area contributed by atoms with E-state index in [-0.39, 0.29) is 0 Å². The molecule has 120 valence electrons. The fraction of sp³-hybridized carbons (Fsp3) is 0.217. The van der Waals surface area contributed by atoms with Gasteiger partial charge in [0.25, 0.3) is 0 Å². The van der Waals surface area contributed by atoms with Crippen molar-refractivity contribution < 1.29 is 0 Å². The number of hydrogen-bond acceptors (Lipinski definition) is 0. The molecule has 0 heterocycles. The largest absolute Gasteiger partial charge is 0.103 e. The Kier molecular flexibility index (Phi) is 9.16. The van der Waals surface area contributed by atoms with E-state index < -0.39 is 0 Å². The van der Waals surface area contributed by atoms with E-state index in [9.17, 15) is 0 Å². The van der Waals surface area contributed by atoms with E-state index in [1.165, 1.54) is 16.7 Å². The van der Waals surface area contributed by atoms with Crippen LogP contribution in [0.5, 0.6) is 0 Å². The third kappa shape index (κ3) is 7.46. The second kappa shape index (κ2) is 11.3. The quantitative estimate of drug-likeness (QED) is 0.405. The molecule has 0 bridgehead atoms. The zero-order valence-electron chi connectivity index (χ0n) is 14.6. The lowest BCUT2D eigenvalue weighted by Crippen LogP contribution is -1.87. The third-order valence-corrected chi connectivity index (χ3v) is 3.40. The van der Waals surface area contributed by atoms with E-state index >= 15 is 0 Å². The van der Waals surface area contributed by atoms with Crippen LogP contribution in [0.15, 0.2) is 91.6 Å². The Labute approximate surface area is 141 Å². The smallest absolute Gasteiger partial charge is 0.0169 e. The summed E-state index contributed by atoms with van der Waals surface area (Å²) in [6.07, 6.45) is 10.9. The molecule has 0 atom stereocenters. The fourth-order valence-electron chi connectivity index (χ4n) is 2.07.